The van der Waals surface area contributed by atoms with Gasteiger partial charge in [0.25, 0.3) is 0 Å². The number of hydrogen-bond acceptors (Lipinski definition) is 2. The van der Waals surface area contributed by atoms with Gasteiger partial charge >= 0.3 is 162 Å². The summed E-state index contributed by atoms with van der Waals surface area (Å²) in [6, 6.07) is 12.5. The van der Waals surface area contributed by atoms with E-state index in [1.54, 1.807) is 6.20 Å². The van der Waals surface area contributed by atoms with Gasteiger partial charge in [0.15, 0.2) is 0 Å². The van der Waals surface area contributed by atoms with Gasteiger partial charge in [0.1, 0.15) is 0 Å². The summed E-state index contributed by atoms with van der Waals surface area (Å²) >= 11 is -2.13. The van der Waals surface area contributed by atoms with Gasteiger partial charge in [-0.1, -0.05) is 0 Å². The van der Waals surface area contributed by atoms with E-state index in [1.165, 1.54) is 21.7 Å². The van der Waals surface area contributed by atoms with Gasteiger partial charge in [-0.05, 0) is 0 Å². The summed E-state index contributed by atoms with van der Waals surface area (Å²) in [6.07, 6.45) is 3.15. The predicted molar refractivity (Wildman–Crippen MR) is 115 cm³/mol. The zero-order valence-corrected chi connectivity index (χ0v) is 18.5. The first kappa shape index (κ1) is 18.1. The molecule has 0 N–H and O–H groups in total. The summed E-state index contributed by atoms with van der Waals surface area (Å²) in [5.41, 5.74) is 5.06. The molecular formula is C23H23FGeN2. The number of nitrogens with zero attached hydrogens (tertiary/aromatic N) is 2. The molecule has 0 saturated carbocycles. The normalized spacial score (nSPS) is 12.1. The summed E-state index contributed by atoms with van der Waals surface area (Å²) in [6.45, 7) is 4.13. The maximum absolute atomic E-state index is 14.9. The molecular weight excluding hydrogens is 396 g/mol. The number of pyridine rings is 2. The van der Waals surface area contributed by atoms with Crippen LogP contribution in [-0.4, -0.2) is 23.2 Å². The van der Waals surface area contributed by atoms with Crippen LogP contribution in [0.15, 0.2) is 48.8 Å². The third-order valence-corrected chi connectivity index (χ3v) is 9.24. The molecule has 2 aromatic carbocycles. The van der Waals surface area contributed by atoms with E-state index < -0.39 is 13.3 Å². The third kappa shape index (κ3) is 3.14. The van der Waals surface area contributed by atoms with E-state index in [0.717, 1.165) is 27.5 Å². The molecule has 0 aliphatic heterocycles. The number of hydrogen-bond donors (Lipinski definition) is 0. The Bertz CT molecular complexity index is 1170. The van der Waals surface area contributed by atoms with Crippen molar-refractivity contribution in [1.82, 2.24) is 9.97 Å². The Hall–Kier alpha value is -2.27. The van der Waals surface area contributed by atoms with Gasteiger partial charge in [0.2, 0.25) is 0 Å². The minimum atomic E-state index is -2.13. The predicted octanol–water partition coefficient (Wildman–Crippen LogP) is 5.75. The van der Waals surface area contributed by atoms with Crippen molar-refractivity contribution < 1.29 is 4.39 Å². The van der Waals surface area contributed by atoms with Gasteiger partial charge in [-0.15, -0.1) is 0 Å². The van der Waals surface area contributed by atoms with Gasteiger partial charge in [-0.3, -0.25) is 0 Å². The number of aryl methyl sites for hydroxylation is 2. The van der Waals surface area contributed by atoms with Crippen LogP contribution in [0.25, 0.3) is 32.9 Å². The number of halogens is 1. The third-order valence-electron chi connectivity index (χ3n) is 5.00. The van der Waals surface area contributed by atoms with Gasteiger partial charge in [-0.25, -0.2) is 0 Å². The molecule has 0 saturated heterocycles. The molecule has 4 rings (SSSR count). The summed E-state index contributed by atoms with van der Waals surface area (Å²) in [4.78, 5) is 9.22. The van der Waals surface area contributed by atoms with Gasteiger partial charge in [0, 0.05) is 0 Å². The number of aromatic nitrogens is 2. The molecule has 0 aliphatic rings. The van der Waals surface area contributed by atoms with Crippen LogP contribution in [-0.2, 0) is 0 Å². The van der Waals surface area contributed by atoms with E-state index in [0.29, 0.717) is 5.39 Å². The van der Waals surface area contributed by atoms with Crippen LogP contribution in [0.4, 0.5) is 4.39 Å². The topological polar surface area (TPSA) is 25.8 Å². The number of fused-ring (bicyclic) bond motifs is 3. The van der Waals surface area contributed by atoms with Crippen LogP contribution in [0.3, 0.4) is 0 Å². The van der Waals surface area contributed by atoms with Gasteiger partial charge < -0.3 is 0 Å². The first-order valence-corrected chi connectivity index (χ1v) is 16.5. The summed E-state index contributed by atoms with van der Waals surface area (Å²) in [5, 5.41) is 2.28. The molecule has 0 aliphatic carbocycles. The average Bonchev–Trinajstić information content (AvgIpc) is 2.59. The number of benzene rings is 2. The van der Waals surface area contributed by atoms with Crippen molar-refractivity contribution in [2.24, 2.45) is 0 Å². The van der Waals surface area contributed by atoms with Crippen LogP contribution in [0.5, 0.6) is 0 Å². The second-order valence-electron chi connectivity index (χ2n) is 8.33. The zero-order valence-electron chi connectivity index (χ0n) is 16.4. The quantitative estimate of drug-likeness (QED) is 0.306. The Morgan fingerprint density at radius 2 is 1.56 bits per heavy atom. The fourth-order valence-electron chi connectivity index (χ4n) is 3.86. The van der Waals surface area contributed by atoms with E-state index in [1.807, 2.05) is 12.1 Å². The maximum atomic E-state index is 14.9. The molecule has 4 heteroatoms. The zero-order chi connectivity index (χ0) is 19.3. The molecule has 0 amide bonds. The van der Waals surface area contributed by atoms with E-state index in [-0.39, 0.29) is 5.82 Å². The Morgan fingerprint density at radius 3 is 2.22 bits per heavy atom. The second kappa shape index (κ2) is 6.41. The molecule has 2 heterocycles. The second-order valence-corrected chi connectivity index (χ2v) is 18.9. The fraction of sp³-hybridized carbons (Fsp3) is 0.217. The Kier molecular flexibility index (Phi) is 4.30. The molecule has 0 spiro atoms. The summed E-state index contributed by atoms with van der Waals surface area (Å²) < 4.78 is 16.2. The molecule has 2 nitrogen and oxygen atoms in total. The molecule has 2 aromatic heterocycles. The van der Waals surface area contributed by atoms with Gasteiger partial charge in [0.05, 0.1) is 0 Å². The van der Waals surface area contributed by atoms with Crippen LogP contribution < -0.4 is 4.40 Å². The van der Waals surface area contributed by atoms with Crippen molar-refractivity contribution in [2.75, 3.05) is 0 Å². The van der Waals surface area contributed by atoms with Crippen LogP contribution in [0.1, 0.15) is 11.1 Å². The Balaban J connectivity index is 2.11. The number of rotatable bonds is 2. The SMILES string of the molecule is Cc1cc(C)cc(-c2ncc(F)c3c2cnc2[c]([Ge]([CH3])([CH3])[CH3])cccc23)c1. The first-order valence-electron chi connectivity index (χ1n) is 9.21. The number of para-hydroxylation sites is 1. The molecule has 0 bridgehead atoms. The first-order chi connectivity index (χ1) is 12.8. The molecule has 0 atom stereocenters. The molecule has 27 heavy (non-hydrogen) atoms. The van der Waals surface area contributed by atoms with Gasteiger partial charge in [-0.2, -0.15) is 0 Å². The van der Waals surface area contributed by atoms with Crippen LogP contribution >= 0.6 is 0 Å². The van der Waals surface area contributed by atoms with Crippen LogP contribution in [0.2, 0.25) is 17.3 Å². The summed E-state index contributed by atoms with van der Waals surface area (Å²) in [5.74, 6) is 6.73. The van der Waals surface area contributed by atoms with Crippen LogP contribution in [0, 0.1) is 19.7 Å². The molecule has 0 radical (unpaired) electrons. The molecule has 0 fully saturated rings. The molecule has 4 aromatic rings. The van der Waals surface area contributed by atoms with Crippen molar-refractivity contribution in [3.05, 3.63) is 65.7 Å². The standard InChI is InChI=1S/C23H23FGeN2/c1-14-9-15(2)11-16(10-14)22-18-12-26-23-17(21(18)19(24)13-27-22)7-6-8-20(23)25(3,4)5/h6-13H,1-5H3. The monoisotopic (exact) mass is 420 g/mol. The fourth-order valence-corrected chi connectivity index (χ4v) is 7.02. The van der Waals surface area contributed by atoms with Crippen molar-refractivity contribution in [3.8, 4) is 11.3 Å². The van der Waals surface area contributed by atoms with Crippen molar-refractivity contribution in [3.63, 3.8) is 0 Å². The average molecular weight is 419 g/mol. The molecule has 136 valence electrons. The Labute approximate surface area is 161 Å². The summed E-state index contributed by atoms with van der Waals surface area (Å²) in [7, 11) is 0. The minimum absolute atomic E-state index is 0.288. The van der Waals surface area contributed by atoms with Crippen molar-refractivity contribution in [2.45, 2.75) is 31.1 Å². The van der Waals surface area contributed by atoms with E-state index in [2.05, 4.69) is 60.4 Å². The van der Waals surface area contributed by atoms with Crippen molar-refractivity contribution in [1.29, 1.82) is 0 Å². The van der Waals surface area contributed by atoms with E-state index in [9.17, 15) is 4.39 Å². The Morgan fingerprint density at radius 1 is 0.852 bits per heavy atom. The molecule has 0 unspecified atom stereocenters. The van der Waals surface area contributed by atoms with Crippen molar-refractivity contribution >= 4 is 39.3 Å². The van der Waals surface area contributed by atoms with E-state index in [4.69, 9.17) is 4.98 Å². The van der Waals surface area contributed by atoms with E-state index >= 15 is 0 Å².